The van der Waals surface area contributed by atoms with Gasteiger partial charge in [-0.1, -0.05) is 11.3 Å². The molecule has 1 aromatic rings. The lowest BCUT2D eigenvalue weighted by Gasteiger charge is -2.22. The fourth-order valence-corrected chi connectivity index (χ4v) is 2.02. The Labute approximate surface area is 86.1 Å². The van der Waals surface area contributed by atoms with Crippen LogP contribution in [0.3, 0.4) is 0 Å². The number of aromatic nitrogens is 1. The van der Waals surface area contributed by atoms with Crippen LogP contribution in [0.15, 0.2) is 16.4 Å². The van der Waals surface area contributed by atoms with Crippen molar-refractivity contribution < 1.29 is 9.47 Å². The van der Waals surface area contributed by atoms with Crippen molar-refractivity contribution in [3.05, 3.63) is 21.2 Å². The Morgan fingerprint density at radius 2 is 2.29 bits per heavy atom. The van der Waals surface area contributed by atoms with E-state index in [2.05, 4.69) is 0 Å². The van der Waals surface area contributed by atoms with Crippen molar-refractivity contribution in [1.82, 2.24) is 4.57 Å². The summed E-state index contributed by atoms with van der Waals surface area (Å²) in [5, 5.41) is 1.80. The molecule has 0 spiro atoms. The van der Waals surface area contributed by atoms with Gasteiger partial charge in [0.1, 0.15) is 0 Å². The monoisotopic (exact) mass is 215 g/mol. The third-order valence-electron chi connectivity index (χ3n) is 2.15. The highest BCUT2D eigenvalue weighted by atomic mass is 32.1. The Morgan fingerprint density at radius 3 is 2.93 bits per heavy atom. The molecule has 1 aromatic heterocycles. The maximum Gasteiger partial charge on any atom is 0.307 e. The summed E-state index contributed by atoms with van der Waals surface area (Å²) >= 11 is 1.22. The summed E-state index contributed by atoms with van der Waals surface area (Å²) in [4.78, 5) is 11.3. The van der Waals surface area contributed by atoms with Gasteiger partial charge in [-0.25, -0.2) is 0 Å². The second kappa shape index (κ2) is 4.72. The minimum Gasteiger partial charge on any atom is -0.353 e. The first-order valence-electron chi connectivity index (χ1n) is 4.73. The Hall–Kier alpha value is -0.650. The molecule has 1 saturated heterocycles. The molecule has 0 unspecified atom stereocenters. The number of aryl methyl sites for hydroxylation is 1. The van der Waals surface area contributed by atoms with Crippen LogP contribution in [0.5, 0.6) is 0 Å². The molecule has 1 aliphatic heterocycles. The van der Waals surface area contributed by atoms with E-state index >= 15 is 0 Å². The van der Waals surface area contributed by atoms with Crippen LogP contribution in [-0.4, -0.2) is 24.1 Å². The minimum absolute atomic E-state index is 0.0841. The summed E-state index contributed by atoms with van der Waals surface area (Å²) < 4.78 is 12.5. The highest BCUT2D eigenvalue weighted by molar-refractivity contribution is 7.07. The van der Waals surface area contributed by atoms with Gasteiger partial charge in [-0.15, -0.1) is 0 Å². The first-order valence-corrected chi connectivity index (χ1v) is 5.61. The first kappa shape index (κ1) is 9.89. The van der Waals surface area contributed by atoms with Crippen LogP contribution < -0.4 is 4.87 Å². The lowest BCUT2D eigenvalue weighted by Crippen LogP contribution is -2.27. The van der Waals surface area contributed by atoms with Crippen molar-refractivity contribution in [3.8, 4) is 0 Å². The molecule has 0 bridgehead atoms. The summed E-state index contributed by atoms with van der Waals surface area (Å²) in [6.45, 7) is 2.21. The van der Waals surface area contributed by atoms with Gasteiger partial charge in [0.05, 0.1) is 13.2 Å². The van der Waals surface area contributed by atoms with Crippen molar-refractivity contribution in [3.63, 3.8) is 0 Å². The molecule has 5 heteroatoms. The smallest absolute Gasteiger partial charge is 0.307 e. The zero-order chi connectivity index (χ0) is 9.80. The Bertz CT molecular complexity index is 327. The molecule has 0 aliphatic carbocycles. The SMILES string of the molecule is O=c1sccn1CCC1OCCCO1. The number of hydrogen-bond acceptors (Lipinski definition) is 4. The Balaban J connectivity index is 1.82. The van der Waals surface area contributed by atoms with Gasteiger partial charge < -0.3 is 14.0 Å². The molecule has 14 heavy (non-hydrogen) atoms. The second-order valence-corrected chi connectivity index (χ2v) is 4.03. The van der Waals surface area contributed by atoms with Gasteiger partial charge in [0.15, 0.2) is 6.29 Å². The zero-order valence-corrected chi connectivity index (χ0v) is 8.66. The molecule has 0 saturated carbocycles. The van der Waals surface area contributed by atoms with Gasteiger partial charge in [-0.3, -0.25) is 4.79 Å². The summed E-state index contributed by atoms with van der Waals surface area (Å²) in [5.74, 6) is 0. The lowest BCUT2D eigenvalue weighted by molar-refractivity contribution is -0.182. The highest BCUT2D eigenvalue weighted by Gasteiger charge is 2.13. The zero-order valence-electron chi connectivity index (χ0n) is 7.85. The molecular formula is C9H13NO3S. The van der Waals surface area contributed by atoms with E-state index in [-0.39, 0.29) is 11.2 Å². The van der Waals surface area contributed by atoms with E-state index in [0.29, 0.717) is 6.54 Å². The van der Waals surface area contributed by atoms with Crippen molar-refractivity contribution in [2.45, 2.75) is 25.7 Å². The third kappa shape index (κ3) is 2.43. The topological polar surface area (TPSA) is 40.5 Å². The van der Waals surface area contributed by atoms with E-state index in [4.69, 9.17) is 9.47 Å². The molecule has 0 N–H and O–H groups in total. The predicted molar refractivity (Wildman–Crippen MR) is 53.5 cm³/mol. The average molecular weight is 215 g/mol. The number of ether oxygens (including phenoxy) is 2. The fourth-order valence-electron chi connectivity index (χ4n) is 1.40. The van der Waals surface area contributed by atoms with E-state index in [1.165, 1.54) is 11.3 Å². The molecule has 0 amide bonds. The number of thiazole rings is 1. The van der Waals surface area contributed by atoms with Crippen LogP contribution in [0.25, 0.3) is 0 Å². The number of nitrogens with zero attached hydrogens (tertiary/aromatic N) is 1. The van der Waals surface area contributed by atoms with Crippen molar-refractivity contribution >= 4 is 11.3 Å². The van der Waals surface area contributed by atoms with Gasteiger partial charge >= 0.3 is 4.87 Å². The van der Waals surface area contributed by atoms with Crippen LogP contribution in [0, 0.1) is 0 Å². The number of hydrogen-bond donors (Lipinski definition) is 0. The highest BCUT2D eigenvalue weighted by Crippen LogP contribution is 2.09. The van der Waals surface area contributed by atoms with Crippen molar-refractivity contribution in [2.75, 3.05) is 13.2 Å². The van der Waals surface area contributed by atoms with E-state index in [0.717, 1.165) is 26.1 Å². The standard InChI is InChI=1S/C9H13NO3S/c11-9-10(4-7-14-9)3-2-8-12-5-1-6-13-8/h4,7-8H,1-3,5-6H2. The molecule has 1 aliphatic rings. The summed E-state index contributed by atoms with van der Waals surface area (Å²) in [6, 6.07) is 0. The Morgan fingerprint density at radius 1 is 1.50 bits per heavy atom. The molecule has 0 radical (unpaired) electrons. The third-order valence-corrected chi connectivity index (χ3v) is 2.84. The fraction of sp³-hybridized carbons (Fsp3) is 0.667. The normalized spacial score (nSPS) is 18.6. The van der Waals surface area contributed by atoms with E-state index < -0.39 is 0 Å². The van der Waals surface area contributed by atoms with E-state index in [1.807, 2.05) is 0 Å². The molecule has 2 heterocycles. The predicted octanol–water partition coefficient (Wildman–Crippen LogP) is 1.06. The van der Waals surface area contributed by atoms with Crippen LogP contribution in [0.1, 0.15) is 12.8 Å². The summed E-state index contributed by atoms with van der Waals surface area (Å²) in [5.41, 5.74) is 0. The molecule has 4 nitrogen and oxygen atoms in total. The van der Waals surface area contributed by atoms with E-state index in [1.54, 1.807) is 16.1 Å². The van der Waals surface area contributed by atoms with Gasteiger partial charge in [0.25, 0.3) is 0 Å². The quantitative estimate of drug-likeness (QED) is 0.757. The van der Waals surface area contributed by atoms with E-state index in [9.17, 15) is 4.79 Å². The average Bonchev–Trinajstić information content (AvgIpc) is 2.63. The van der Waals surface area contributed by atoms with Gasteiger partial charge in [0.2, 0.25) is 0 Å². The summed E-state index contributed by atoms with van der Waals surface area (Å²) in [7, 11) is 0. The van der Waals surface area contributed by atoms with Crippen LogP contribution in [0.2, 0.25) is 0 Å². The molecule has 0 atom stereocenters. The first-order chi connectivity index (χ1) is 6.86. The molecular weight excluding hydrogens is 202 g/mol. The largest absolute Gasteiger partial charge is 0.353 e. The Kier molecular flexibility index (Phi) is 3.34. The van der Waals surface area contributed by atoms with Crippen LogP contribution in [0.4, 0.5) is 0 Å². The minimum atomic E-state index is -0.129. The van der Waals surface area contributed by atoms with Crippen LogP contribution in [-0.2, 0) is 16.0 Å². The molecule has 2 rings (SSSR count). The number of rotatable bonds is 3. The molecule has 78 valence electrons. The van der Waals surface area contributed by atoms with Crippen LogP contribution >= 0.6 is 11.3 Å². The van der Waals surface area contributed by atoms with Gasteiger partial charge in [0, 0.05) is 24.5 Å². The maximum atomic E-state index is 11.2. The second-order valence-electron chi connectivity index (χ2n) is 3.18. The maximum absolute atomic E-state index is 11.2. The molecule has 1 fully saturated rings. The van der Waals surface area contributed by atoms with Crippen molar-refractivity contribution in [2.24, 2.45) is 0 Å². The summed E-state index contributed by atoms with van der Waals surface area (Å²) in [6.07, 6.45) is 3.39. The molecule has 0 aromatic carbocycles. The van der Waals surface area contributed by atoms with Crippen molar-refractivity contribution in [1.29, 1.82) is 0 Å². The van der Waals surface area contributed by atoms with Gasteiger partial charge in [-0.2, -0.15) is 0 Å². The lowest BCUT2D eigenvalue weighted by atomic mass is 10.3. The van der Waals surface area contributed by atoms with Gasteiger partial charge in [-0.05, 0) is 6.42 Å².